The lowest BCUT2D eigenvalue weighted by molar-refractivity contribution is -0.274. The lowest BCUT2D eigenvalue weighted by atomic mass is 9.94. The number of benzene rings is 1. The van der Waals surface area contributed by atoms with Crippen molar-refractivity contribution >= 4 is 11.6 Å². The molecule has 1 aliphatic rings. The largest absolute Gasteiger partial charge is 0.573 e. The Morgan fingerprint density at radius 3 is 2.39 bits per heavy atom. The van der Waals surface area contributed by atoms with Gasteiger partial charge in [-0.15, -0.1) is 13.2 Å². The van der Waals surface area contributed by atoms with Crippen molar-refractivity contribution in [3.05, 3.63) is 53.9 Å². The number of anilines is 1. The van der Waals surface area contributed by atoms with E-state index in [1.165, 1.54) is 24.3 Å². The number of alkyl halides is 3. The summed E-state index contributed by atoms with van der Waals surface area (Å²) in [4.78, 5) is 18.7. The highest BCUT2D eigenvalue weighted by Gasteiger charge is 2.37. The van der Waals surface area contributed by atoms with Crippen LogP contribution in [0.15, 0.2) is 42.6 Å². The van der Waals surface area contributed by atoms with Gasteiger partial charge in [0.25, 0.3) is 0 Å². The van der Waals surface area contributed by atoms with Gasteiger partial charge in [0.15, 0.2) is 0 Å². The van der Waals surface area contributed by atoms with E-state index in [1.807, 2.05) is 32.9 Å². The van der Waals surface area contributed by atoms with Crippen molar-refractivity contribution in [2.24, 2.45) is 0 Å². The summed E-state index contributed by atoms with van der Waals surface area (Å²) in [5, 5.41) is 3.38. The van der Waals surface area contributed by atoms with Crippen LogP contribution in [0.1, 0.15) is 31.5 Å². The molecule has 1 atom stereocenters. The molecule has 1 fully saturated rings. The predicted octanol–water partition coefficient (Wildman–Crippen LogP) is 3.92. The average molecular weight is 393 g/mol. The number of hydrogen-bond acceptors (Lipinski definition) is 4. The van der Waals surface area contributed by atoms with Gasteiger partial charge < -0.3 is 9.64 Å². The van der Waals surface area contributed by atoms with Crippen molar-refractivity contribution < 1.29 is 22.7 Å². The Morgan fingerprint density at radius 1 is 1.14 bits per heavy atom. The highest BCUT2D eigenvalue weighted by atomic mass is 19.4. The molecule has 0 spiro atoms. The highest BCUT2D eigenvalue weighted by Crippen LogP contribution is 2.29. The smallest absolute Gasteiger partial charge is 0.406 e. The van der Waals surface area contributed by atoms with E-state index in [0.717, 1.165) is 11.3 Å². The summed E-state index contributed by atoms with van der Waals surface area (Å²) in [7, 11) is 0. The van der Waals surface area contributed by atoms with Crippen molar-refractivity contribution in [2.45, 2.75) is 45.1 Å². The van der Waals surface area contributed by atoms with Crippen molar-refractivity contribution in [3.8, 4) is 5.75 Å². The molecular weight excluding hydrogens is 371 g/mol. The Hall–Kier alpha value is -2.61. The topological polar surface area (TPSA) is 54.5 Å². The second-order valence-corrected chi connectivity index (χ2v) is 7.33. The summed E-state index contributed by atoms with van der Waals surface area (Å²) in [5.74, 6) is -0.428. The maximum atomic E-state index is 12.8. The summed E-state index contributed by atoms with van der Waals surface area (Å²) >= 11 is 0. The molecule has 1 aromatic heterocycles. The van der Waals surface area contributed by atoms with Crippen LogP contribution in [0.25, 0.3) is 0 Å². The minimum Gasteiger partial charge on any atom is -0.406 e. The van der Waals surface area contributed by atoms with Gasteiger partial charge in [0.05, 0.1) is 6.04 Å². The number of carbonyl (C=O) groups excluding carboxylic acids is 1. The van der Waals surface area contributed by atoms with Gasteiger partial charge in [-0.3, -0.25) is 15.1 Å². The lowest BCUT2D eigenvalue weighted by Crippen LogP contribution is -2.47. The zero-order valence-corrected chi connectivity index (χ0v) is 15.9. The number of nitrogens with one attached hydrogen (secondary N) is 1. The van der Waals surface area contributed by atoms with E-state index in [4.69, 9.17) is 0 Å². The number of aryl methyl sites for hydroxylation is 1. The molecule has 1 unspecified atom stereocenters. The fourth-order valence-electron chi connectivity index (χ4n) is 3.25. The van der Waals surface area contributed by atoms with Crippen molar-refractivity contribution in [3.63, 3.8) is 0 Å². The molecule has 3 rings (SSSR count). The number of halogens is 3. The second-order valence-electron chi connectivity index (χ2n) is 7.33. The first-order valence-corrected chi connectivity index (χ1v) is 8.93. The first-order chi connectivity index (χ1) is 13.0. The third kappa shape index (κ3) is 4.62. The van der Waals surface area contributed by atoms with Crippen LogP contribution in [-0.2, 0) is 10.3 Å². The van der Waals surface area contributed by atoms with Crippen LogP contribution in [-0.4, -0.2) is 29.8 Å². The van der Waals surface area contributed by atoms with Gasteiger partial charge in [-0.05, 0) is 63.1 Å². The molecule has 2 aromatic rings. The van der Waals surface area contributed by atoms with Gasteiger partial charge >= 0.3 is 6.36 Å². The fraction of sp³-hybridized carbons (Fsp3) is 0.400. The highest BCUT2D eigenvalue weighted by molar-refractivity contribution is 5.99. The summed E-state index contributed by atoms with van der Waals surface area (Å²) in [6.07, 6.45) is -2.35. The molecule has 28 heavy (non-hydrogen) atoms. The van der Waals surface area contributed by atoms with E-state index >= 15 is 0 Å². The van der Waals surface area contributed by atoms with Crippen LogP contribution in [0.5, 0.6) is 5.75 Å². The van der Waals surface area contributed by atoms with Crippen molar-refractivity contribution in [2.75, 3.05) is 11.4 Å². The molecule has 0 aliphatic carbocycles. The third-order valence-corrected chi connectivity index (χ3v) is 4.76. The summed E-state index contributed by atoms with van der Waals surface area (Å²) in [6.45, 7) is 6.36. The van der Waals surface area contributed by atoms with Crippen LogP contribution in [0, 0.1) is 6.92 Å². The molecule has 0 saturated carbocycles. The van der Waals surface area contributed by atoms with Gasteiger partial charge in [0.1, 0.15) is 5.75 Å². The predicted molar refractivity (Wildman–Crippen MR) is 99.0 cm³/mol. The molecule has 1 aromatic carbocycles. The molecule has 150 valence electrons. The normalized spacial score (nSPS) is 17.9. The van der Waals surface area contributed by atoms with Crippen LogP contribution in [0.4, 0.5) is 18.9 Å². The standard InChI is InChI=1S/C20H22F3N3O2/c1-13-4-5-14(12-24-13)19(2,3)25-17-10-11-26(18(17)27)15-6-8-16(9-7-15)28-20(21,22)23/h4-9,12,17,25H,10-11H2,1-3H3. The Balaban J connectivity index is 1.68. The average Bonchev–Trinajstić information content (AvgIpc) is 2.95. The number of hydrogen-bond donors (Lipinski definition) is 1. The fourth-order valence-corrected chi connectivity index (χ4v) is 3.25. The van der Waals surface area contributed by atoms with E-state index < -0.39 is 11.9 Å². The number of aromatic nitrogens is 1. The SMILES string of the molecule is Cc1ccc(C(C)(C)NC2CCN(c3ccc(OC(F)(F)F)cc3)C2=O)cn1. The maximum absolute atomic E-state index is 12.8. The molecule has 5 nitrogen and oxygen atoms in total. The Kier molecular flexibility index (Phi) is 5.34. The number of pyridine rings is 1. The van der Waals surface area contributed by atoms with Gasteiger partial charge in [-0.25, -0.2) is 0 Å². The van der Waals surface area contributed by atoms with E-state index in [0.29, 0.717) is 18.7 Å². The van der Waals surface area contributed by atoms with Gasteiger partial charge in [0.2, 0.25) is 5.91 Å². The zero-order chi connectivity index (χ0) is 20.5. The Morgan fingerprint density at radius 2 is 1.82 bits per heavy atom. The Labute approximate surface area is 161 Å². The molecule has 1 saturated heterocycles. The molecule has 2 heterocycles. The number of ether oxygens (including phenoxy) is 1. The molecule has 0 radical (unpaired) electrons. The van der Waals surface area contributed by atoms with Gasteiger partial charge in [-0.1, -0.05) is 6.07 Å². The van der Waals surface area contributed by atoms with Crippen molar-refractivity contribution in [1.29, 1.82) is 0 Å². The van der Waals surface area contributed by atoms with Crippen LogP contribution >= 0.6 is 0 Å². The molecule has 0 bridgehead atoms. The number of nitrogens with zero attached hydrogens (tertiary/aromatic N) is 2. The number of carbonyl (C=O) groups is 1. The number of rotatable bonds is 5. The van der Waals surface area contributed by atoms with E-state index in [1.54, 1.807) is 11.1 Å². The summed E-state index contributed by atoms with van der Waals surface area (Å²) in [5.41, 5.74) is 1.97. The monoisotopic (exact) mass is 393 g/mol. The second kappa shape index (κ2) is 7.43. The summed E-state index contributed by atoms with van der Waals surface area (Å²) in [6, 6.07) is 8.84. The van der Waals surface area contributed by atoms with Crippen LogP contribution < -0.4 is 15.0 Å². The van der Waals surface area contributed by atoms with Gasteiger partial charge in [-0.2, -0.15) is 0 Å². The third-order valence-electron chi connectivity index (χ3n) is 4.76. The summed E-state index contributed by atoms with van der Waals surface area (Å²) < 4.78 is 40.7. The zero-order valence-electron chi connectivity index (χ0n) is 15.9. The molecular formula is C20H22F3N3O2. The van der Waals surface area contributed by atoms with Crippen LogP contribution in [0.3, 0.4) is 0 Å². The minimum absolute atomic E-state index is 0.113. The lowest BCUT2D eigenvalue weighted by Gasteiger charge is -2.30. The number of amides is 1. The molecule has 1 aliphatic heterocycles. The van der Waals surface area contributed by atoms with E-state index in [9.17, 15) is 18.0 Å². The molecule has 1 N–H and O–H groups in total. The first kappa shape index (κ1) is 20.1. The van der Waals surface area contributed by atoms with Crippen molar-refractivity contribution in [1.82, 2.24) is 10.3 Å². The molecule has 1 amide bonds. The maximum Gasteiger partial charge on any atom is 0.573 e. The quantitative estimate of drug-likeness (QED) is 0.837. The molecule has 8 heteroatoms. The minimum atomic E-state index is -4.74. The first-order valence-electron chi connectivity index (χ1n) is 8.93. The Bertz CT molecular complexity index is 833. The van der Waals surface area contributed by atoms with E-state index in [-0.39, 0.29) is 17.7 Å². The van der Waals surface area contributed by atoms with Gasteiger partial charge in [0, 0.05) is 29.7 Å². The van der Waals surface area contributed by atoms with E-state index in [2.05, 4.69) is 15.0 Å². The van der Waals surface area contributed by atoms with Crippen LogP contribution in [0.2, 0.25) is 0 Å².